The highest BCUT2D eigenvalue weighted by Crippen LogP contribution is 2.85. The first-order valence-corrected chi connectivity index (χ1v) is 11.5. The number of esters is 1. The Morgan fingerprint density at radius 3 is 2.74 bits per heavy atom. The lowest BCUT2D eigenvalue weighted by molar-refractivity contribution is -0.146. The van der Waals surface area contributed by atoms with Crippen molar-refractivity contribution in [1.82, 2.24) is 4.98 Å². The quantitative estimate of drug-likeness (QED) is 0.396. The fraction of sp³-hybridized carbons (Fsp3) is 0.259. The van der Waals surface area contributed by atoms with Crippen molar-refractivity contribution in [3.8, 4) is 17.2 Å². The number of benzene rings is 2. The number of fused-ring (bicyclic) bond motifs is 2. The Bertz CT molecular complexity index is 1370. The molecule has 2 N–H and O–H groups in total. The van der Waals surface area contributed by atoms with Crippen LogP contribution in [-0.4, -0.2) is 34.4 Å². The molecule has 0 radical (unpaired) electrons. The fourth-order valence-corrected chi connectivity index (χ4v) is 5.06. The molecule has 2 saturated carbocycles. The highest BCUT2D eigenvalue weighted by molar-refractivity contribution is 5.99. The molecular formula is C27H22N2O6. The van der Waals surface area contributed by atoms with Crippen LogP contribution in [0.3, 0.4) is 0 Å². The lowest BCUT2D eigenvalue weighted by atomic mass is 9.96. The van der Waals surface area contributed by atoms with E-state index in [1.54, 1.807) is 54.7 Å². The number of carbonyl (C=O) groups is 3. The fourth-order valence-electron chi connectivity index (χ4n) is 5.06. The van der Waals surface area contributed by atoms with Crippen molar-refractivity contribution < 1.29 is 29.0 Å². The standard InChI is InChI=1S/C27H22N2O6/c30-20-8-6-16(35-22-10-11-28-25-17(22)7-9-23(32)29-25)12-18(20)24-19-13-27(19,24)26(33)34-14-21(31)15-4-2-1-3-5-15/h1-6,8,10-12,19,24,30H,7,9,13-14H2,(H,28,29,32). The highest BCUT2D eigenvalue weighted by atomic mass is 16.5. The first-order valence-electron chi connectivity index (χ1n) is 11.5. The number of ether oxygens (including phenoxy) is 2. The van der Waals surface area contributed by atoms with E-state index in [2.05, 4.69) is 10.3 Å². The van der Waals surface area contributed by atoms with Gasteiger partial charge < -0.3 is 19.9 Å². The van der Waals surface area contributed by atoms with E-state index in [1.807, 2.05) is 6.07 Å². The van der Waals surface area contributed by atoms with Gasteiger partial charge in [0.1, 0.15) is 23.1 Å². The number of ketones is 1. The van der Waals surface area contributed by atoms with Gasteiger partial charge in [0.25, 0.3) is 0 Å². The maximum atomic E-state index is 12.8. The van der Waals surface area contributed by atoms with E-state index in [0.717, 1.165) is 5.56 Å². The van der Waals surface area contributed by atoms with Crippen molar-refractivity contribution in [2.45, 2.75) is 25.2 Å². The van der Waals surface area contributed by atoms with Crippen LogP contribution in [0, 0.1) is 11.3 Å². The molecule has 35 heavy (non-hydrogen) atoms. The molecule has 3 aromatic rings. The Morgan fingerprint density at radius 1 is 1.11 bits per heavy atom. The molecule has 3 unspecified atom stereocenters. The molecule has 6 rings (SSSR count). The van der Waals surface area contributed by atoms with Gasteiger partial charge in [-0.15, -0.1) is 0 Å². The summed E-state index contributed by atoms with van der Waals surface area (Å²) >= 11 is 0. The number of rotatable bonds is 7. The molecular weight excluding hydrogens is 448 g/mol. The molecule has 0 saturated heterocycles. The van der Waals surface area contributed by atoms with E-state index in [4.69, 9.17) is 9.47 Å². The molecule has 1 amide bonds. The van der Waals surface area contributed by atoms with E-state index >= 15 is 0 Å². The summed E-state index contributed by atoms with van der Waals surface area (Å²) in [6.07, 6.45) is 3.13. The summed E-state index contributed by atoms with van der Waals surface area (Å²) in [6, 6.07) is 15.4. The van der Waals surface area contributed by atoms with E-state index in [0.29, 0.717) is 47.7 Å². The zero-order valence-corrected chi connectivity index (χ0v) is 18.7. The maximum Gasteiger partial charge on any atom is 0.313 e. The average Bonchev–Trinajstić information content (AvgIpc) is 3.76. The SMILES string of the molecule is O=C1CCc2c(Oc3ccc(O)c(C4C5CC54C(=O)OCC(=O)c4ccccc4)c3)ccnc2N1. The number of aromatic nitrogens is 1. The largest absolute Gasteiger partial charge is 0.508 e. The number of nitrogens with one attached hydrogen (secondary N) is 1. The molecule has 1 aromatic heterocycles. The molecule has 8 heteroatoms. The third-order valence-electron chi connectivity index (χ3n) is 7.15. The number of aromatic hydroxyl groups is 1. The van der Waals surface area contributed by atoms with Gasteiger partial charge in [-0.25, -0.2) is 4.98 Å². The normalized spacial score (nSPS) is 23.4. The number of carbonyl (C=O) groups excluding carboxylic acids is 3. The zero-order chi connectivity index (χ0) is 24.2. The Morgan fingerprint density at radius 2 is 1.94 bits per heavy atom. The molecule has 2 heterocycles. The molecule has 3 atom stereocenters. The number of phenolic OH excluding ortho intramolecular Hbond substituents is 1. The molecule has 2 fully saturated rings. The Kier molecular flexibility index (Phi) is 4.84. The van der Waals surface area contributed by atoms with Gasteiger partial charge in [0.2, 0.25) is 5.91 Å². The third-order valence-corrected chi connectivity index (χ3v) is 7.15. The number of Topliss-reactive ketones (excluding diaryl/α,β-unsaturated/α-hetero) is 1. The van der Waals surface area contributed by atoms with Gasteiger partial charge in [0.15, 0.2) is 12.4 Å². The lowest BCUT2D eigenvalue weighted by Gasteiger charge is -2.19. The van der Waals surface area contributed by atoms with Crippen molar-refractivity contribution in [3.63, 3.8) is 0 Å². The number of anilines is 1. The number of nitrogens with zero attached hydrogens (tertiary/aromatic N) is 1. The van der Waals surface area contributed by atoms with Gasteiger partial charge in [-0.1, -0.05) is 30.3 Å². The maximum absolute atomic E-state index is 12.8. The first kappa shape index (κ1) is 21.3. The molecule has 2 aliphatic carbocycles. The highest BCUT2D eigenvalue weighted by Gasteiger charge is 2.84. The topological polar surface area (TPSA) is 115 Å². The second kappa shape index (κ2) is 7.94. The summed E-state index contributed by atoms with van der Waals surface area (Å²) < 4.78 is 11.5. The summed E-state index contributed by atoms with van der Waals surface area (Å²) in [7, 11) is 0. The minimum Gasteiger partial charge on any atom is -0.508 e. The summed E-state index contributed by atoms with van der Waals surface area (Å²) in [6.45, 7) is -0.303. The second-order valence-electron chi connectivity index (χ2n) is 9.20. The molecule has 176 valence electrons. The number of pyridine rings is 1. The third kappa shape index (κ3) is 3.62. The van der Waals surface area contributed by atoms with Crippen molar-refractivity contribution in [2.75, 3.05) is 11.9 Å². The van der Waals surface area contributed by atoms with Crippen LogP contribution in [0.2, 0.25) is 0 Å². The number of amides is 1. The summed E-state index contributed by atoms with van der Waals surface area (Å²) in [5, 5.41) is 13.3. The van der Waals surface area contributed by atoms with Gasteiger partial charge in [-0.2, -0.15) is 0 Å². The van der Waals surface area contributed by atoms with Crippen LogP contribution in [-0.2, 0) is 20.7 Å². The van der Waals surface area contributed by atoms with E-state index < -0.39 is 11.4 Å². The Balaban J connectivity index is 1.16. The van der Waals surface area contributed by atoms with E-state index in [1.165, 1.54) is 0 Å². The smallest absolute Gasteiger partial charge is 0.313 e. The molecule has 1 aliphatic heterocycles. The lowest BCUT2D eigenvalue weighted by Crippen LogP contribution is -2.20. The number of hydrogen-bond donors (Lipinski definition) is 2. The molecule has 3 aliphatic rings. The van der Waals surface area contributed by atoms with Crippen LogP contribution in [0.4, 0.5) is 5.82 Å². The predicted molar refractivity (Wildman–Crippen MR) is 124 cm³/mol. The number of hydrogen-bond acceptors (Lipinski definition) is 7. The summed E-state index contributed by atoms with van der Waals surface area (Å²) in [5.74, 6) is 0.867. The molecule has 0 spiro atoms. The second-order valence-corrected chi connectivity index (χ2v) is 9.20. The van der Waals surface area contributed by atoms with Gasteiger partial charge in [-0.3, -0.25) is 14.4 Å². The summed E-state index contributed by atoms with van der Waals surface area (Å²) in [4.78, 5) is 41.0. The van der Waals surface area contributed by atoms with Crippen LogP contribution in [0.25, 0.3) is 0 Å². The van der Waals surface area contributed by atoms with Crippen LogP contribution < -0.4 is 10.1 Å². The molecule has 0 bridgehead atoms. The summed E-state index contributed by atoms with van der Waals surface area (Å²) in [5.41, 5.74) is 1.27. The first-order chi connectivity index (χ1) is 17.0. The Hall–Kier alpha value is -4.20. The average molecular weight is 470 g/mol. The monoisotopic (exact) mass is 470 g/mol. The van der Waals surface area contributed by atoms with E-state index in [-0.39, 0.29) is 35.9 Å². The van der Waals surface area contributed by atoms with Crippen molar-refractivity contribution in [3.05, 3.63) is 77.5 Å². The minimum absolute atomic E-state index is 0.0790. The van der Waals surface area contributed by atoms with Crippen LogP contribution >= 0.6 is 0 Å². The van der Waals surface area contributed by atoms with Crippen LogP contribution in [0.15, 0.2) is 60.8 Å². The molecule has 2 aromatic carbocycles. The van der Waals surface area contributed by atoms with Crippen molar-refractivity contribution >= 4 is 23.5 Å². The Labute approximate surface area is 200 Å². The van der Waals surface area contributed by atoms with E-state index in [9.17, 15) is 19.5 Å². The van der Waals surface area contributed by atoms with Gasteiger partial charge in [0, 0.05) is 35.2 Å². The van der Waals surface area contributed by atoms with Crippen molar-refractivity contribution in [1.29, 1.82) is 0 Å². The number of phenols is 1. The van der Waals surface area contributed by atoms with Gasteiger partial charge >= 0.3 is 5.97 Å². The van der Waals surface area contributed by atoms with Gasteiger partial charge in [-0.05, 0) is 43.0 Å². The van der Waals surface area contributed by atoms with Gasteiger partial charge in [0.05, 0.1) is 5.41 Å². The zero-order valence-electron chi connectivity index (χ0n) is 18.7. The van der Waals surface area contributed by atoms with Crippen LogP contribution in [0.5, 0.6) is 17.2 Å². The van der Waals surface area contributed by atoms with Crippen molar-refractivity contribution in [2.24, 2.45) is 11.3 Å². The molecule has 8 nitrogen and oxygen atoms in total. The van der Waals surface area contributed by atoms with Crippen LogP contribution in [0.1, 0.15) is 40.2 Å². The minimum atomic E-state index is -0.673. The predicted octanol–water partition coefficient (Wildman–Crippen LogP) is 3.99.